The number of carbonyl (C=O) groups excluding carboxylic acids is 1. The van der Waals surface area contributed by atoms with Gasteiger partial charge in [-0.1, -0.05) is 19.8 Å². The molecule has 0 unspecified atom stereocenters. The minimum atomic E-state index is -3.61. The fourth-order valence-electron chi connectivity index (χ4n) is 3.44. The van der Waals surface area contributed by atoms with Gasteiger partial charge in [-0.05, 0) is 18.6 Å². The second-order valence-corrected chi connectivity index (χ2v) is 9.33. The van der Waals surface area contributed by atoms with Gasteiger partial charge in [0.1, 0.15) is 0 Å². The van der Waals surface area contributed by atoms with Crippen molar-refractivity contribution in [1.82, 2.24) is 14.5 Å². The summed E-state index contributed by atoms with van der Waals surface area (Å²) in [6, 6.07) is 4.78. The zero-order valence-corrected chi connectivity index (χ0v) is 17.9. The number of benzene rings is 1. The van der Waals surface area contributed by atoms with Crippen LogP contribution in [0.5, 0.6) is 11.5 Å². The van der Waals surface area contributed by atoms with Gasteiger partial charge in [0, 0.05) is 45.2 Å². The number of carbonyl (C=O) groups is 1. The molecule has 1 aromatic rings. The lowest BCUT2D eigenvalue weighted by molar-refractivity contribution is -0.122. The molecule has 0 bridgehead atoms. The topological polar surface area (TPSA) is 88.2 Å². The van der Waals surface area contributed by atoms with Crippen molar-refractivity contribution in [3.63, 3.8) is 0 Å². The van der Waals surface area contributed by atoms with E-state index >= 15 is 0 Å². The number of amides is 1. The highest BCUT2D eigenvalue weighted by molar-refractivity contribution is 7.89. The first-order valence-electron chi connectivity index (χ1n) is 10.4. The van der Waals surface area contributed by atoms with Gasteiger partial charge < -0.3 is 14.8 Å². The summed E-state index contributed by atoms with van der Waals surface area (Å²) in [5, 5.41) is 2.93. The van der Waals surface area contributed by atoms with E-state index in [-0.39, 0.29) is 10.8 Å². The van der Waals surface area contributed by atoms with Crippen LogP contribution in [0, 0.1) is 0 Å². The van der Waals surface area contributed by atoms with E-state index in [4.69, 9.17) is 9.47 Å². The summed E-state index contributed by atoms with van der Waals surface area (Å²) in [5.74, 6) is 1.05. The second kappa shape index (κ2) is 10.3. The van der Waals surface area contributed by atoms with Crippen molar-refractivity contribution in [3.05, 3.63) is 18.2 Å². The number of rotatable bonds is 8. The van der Waals surface area contributed by atoms with Gasteiger partial charge in [0.2, 0.25) is 15.9 Å². The van der Waals surface area contributed by atoms with Crippen LogP contribution < -0.4 is 14.8 Å². The molecule has 1 N–H and O–H groups in total. The quantitative estimate of drug-likeness (QED) is 0.635. The Bertz CT molecular complexity index is 791. The van der Waals surface area contributed by atoms with Crippen LogP contribution in [0.25, 0.3) is 0 Å². The summed E-state index contributed by atoms with van der Waals surface area (Å²) in [7, 11) is -3.61. The highest BCUT2D eigenvalue weighted by Crippen LogP contribution is 2.33. The molecule has 1 fully saturated rings. The number of hydrogen-bond donors (Lipinski definition) is 1. The fraction of sp³-hybridized carbons (Fsp3) is 0.650. The number of sulfonamides is 1. The van der Waals surface area contributed by atoms with Crippen LogP contribution >= 0.6 is 0 Å². The maximum atomic E-state index is 13.0. The Hall–Kier alpha value is -1.84. The van der Waals surface area contributed by atoms with Crippen LogP contribution in [0.15, 0.2) is 23.1 Å². The zero-order chi connectivity index (χ0) is 20.7. The summed E-state index contributed by atoms with van der Waals surface area (Å²) < 4.78 is 38.7. The molecule has 8 nitrogen and oxygen atoms in total. The van der Waals surface area contributed by atoms with Crippen molar-refractivity contribution in [2.45, 2.75) is 37.5 Å². The van der Waals surface area contributed by atoms with E-state index in [1.807, 2.05) is 4.90 Å². The lowest BCUT2D eigenvalue weighted by atomic mass is 10.2. The molecule has 2 heterocycles. The molecule has 0 aliphatic carbocycles. The minimum Gasteiger partial charge on any atom is -0.490 e. The minimum absolute atomic E-state index is 0.000288. The summed E-state index contributed by atoms with van der Waals surface area (Å²) in [6.07, 6.45) is 3.99. The molecule has 0 saturated carbocycles. The van der Waals surface area contributed by atoms with E-state index in [2.05, 4.69) is 12.2 Å². The van der Waals surface area contributed by atoms with E-state index in [1.165, 1.54) is 4.31 Å². The zero-order valence-electron chi connectivity index (χ0n) is 17.1. The molecule has 0 atom stereocenters. The van der Waals surface area contributed by atoms with Crippen LogP contribution in [0.3, 0.4) is 0 Å². The van der Waals surface area contributed by atoms with Crippen LogP contribution in [-0.2, 0) is 14.8 Å². The van der Waals surface area contributed by atoms with Gasteiger partial charge in [-0.3, -0.25) is 9.69 Å². The molecule has 2 aliphatic heterocycles. The molecule has 0 aromatic heterocycles. The molecule has 0 spiro atoms. The summed E-state index contributed by atoms with van der Waals surface area (Å²) >= 11 is 0. The number of ether oxygens (including phenoxy) is 2. The molecule has 0 radical (unpaired) electrons. The Morgan fingerprint density at radius 2 is 1.79 bits per heavy atom. The third-order valence-corrected chi connectivity index (χ3v) is 7.05. The summed E-state index contributed by atoms with van der Waals surface area (Å²) in [5.41, 5.74) is 0. The van der Waals surface area contributed by atoms with E-state index in [1.54, 1.807) is 18.2 Å². The number of piperazine rings is 1. The molecule has 1 aromatic carbocycles. The lowest BCUT2D eigenvalue weighted by Gasteiger charge is -2.33. The monoisotopic (exact) mass is 425 g/mol. The van der Waals surface area contributed by atoms with Gasteiger partial charge in [0.05, 0.1) is 24.7 Å². The van der Waals surface area contributed by atoms with Crippen molar-refractivity contribution >= 4 is 15.9 Å². The smallest absolute Gasteiger partial charge is 0.243 e. The Kier molecular flexibility index (Phi) is 7.74. The third kappa shape index (κ3) is 5.83. The predicted molar refractivity (Wildman–Crippen MR) is 110 cm³/mol. The molecule has 1 saturated heterocycles. The maximum Gasteiger partial charge on any atom is 0.243 e. The second-order valence-electron chi connectivity index (χ2n) is 7.40. The maximum absolute atomic E-state index is 13.0. The van der Waals surface area contributed by atoms with E-state index in [0.717, 1.165) is 25.7 Å². The largest absolute Gasteiger partial charge is 0.490 e. The molecule has 9 heteroatoms. The number of nitrogens with one attached hydrogen (secondary N) is 1. The van der Waals surface area contributed by atoms with Crippen LogP contribution in [0.2, 0.25) is 0 Å². The Labute approximate surface area is 173 Å². The first-order chi connectivity index (χ1) is 14.0. The number of unbranched alkanes of at least 4 members (excludes halogenated alkanes) is 2. The van der Waals surface area contributed by atoms with E-state index in [0.29, 0.717) is 64.0 Å². The number of fused-ring (bicyclic) bond motifs is 1. The van der Waals surface area contributed by atoms with Crippen molar-refractivity contribution in [1.29, 1.82) is 0 Å². The van der Waals surface area contributed by atoms with Gasteiger partial charge in [-0.2, -0.15) is 4.31 Å². The SMILES string of the molecule is CCCCCNC(=O)CN1CCN(S(=O)(=O)c2ccc3c(c2)OCCCO3)CC1. The van der Waals surface area contributed by atoms with Crippen molar-refractivity contribution < 1.29 is 22.7 Å². The van der Waals surface area contributed by atoms with Crippen LogP contribution in [-0.4, -0.2) is 76.0 Å². The standard InChI is InChI=1S/C20H31N3O5S/c1-2-3-4-8-21-20(24)16-22-9-11-23(12-10-22)29(25,26)17-6-7-18-19(15-17)28-14-5-13-27-18/h6-7,15H,2-5,8-14,16H2,1H3,(H,21,24). The fourth-order valence-corrected chi connectivity index (χ4v) is 4.88. The summed E-state index contributed by atoms with van der Waals surface area (Å²) in [6.45, 7) is 6.00. The third-order valence-electron chi connectivity index (χ3n) is 5.16. The molecule has 162 valence electrons. The molecular weight excluding hydrogens is 394 g/mol. The lowest BCUT2D eigenvalue weighted by Crippen LogP contribution is -2.51. The molecule has 1 amide bonds. The first-order valence-corrected chi connectivity index (χ1v) is 11.8. The Balaban J connectivity index is 1.53. The molecule has 29 heavy (non-hydrogen) atoms. The predicted octanol–water partition coefficient (Wildman–Crippen LogP) is 1.46. The number of hydrogen-bond acceptors (Lipinski definition) is 6. The van der Waals surface area contributed by atoms with E-state index < -0.39 is 10.0 Å². The van der Waals surface area contributed by atoms with Gasteiger partial charge >= 0.3 is 0 Å². The van der Waals surface area contributed by atoms with Gasteiger partial charge in [-0.15, -0.1) is 0 Å². The average Bonchev–Trinajstić information content (AvgIpc) is 2.96. The average molecular weight is 426 g/mol. The molecule has 3 rings (SSSR count). The number of nitrogens with zero attached hydrogens (tertiary/aromatic N) is 2. The summed E-state index contributed by atoms with van der Waals surface area (Å²) in [4.78, 5) is 14.2. The van der Waals surface area contributed by atoms with E-state index in [9.17, 15) is 13.2 Å². The van der Waals surface area contributed by atoms with Crippen LogP contribution in [0.1, 0.15) is 32.6 Å². The highest BCUT2D eigenvalue weighted by atomic mass is 32.2. The van der Waals surface area contributed by atoms with Gasteiger partial charge in [-0.25, -0.2) is 8.42 Å². The van der Waals surface area contributed by atoms with Crippen molar-refractivity contribution in [3.8, 4) is 11.5 Å². The Morgan fingerprint density at radius 1 is 1.07 bits per heavy atom. The highest BCUT2D eigenvalue weighted by Gasteiger charge is 2.30. The molecule has 2 aliphatic rings. The molecular formula is C20H31N3O5S. The normalized spacial score (nSPS) is 18.2. The van der Waals surface area contributed by atoms with Crippen molar-refractivity contribution in [2.24, 2.45) is 0 Å². The first kappa shape index (κ1) is 21.9. The van der Waals surface area contributed by atoms with Crippen molar-refractivity contribution in [2.75, 3.05) is 52.5 Å². The van der Waals surface area contributed by atoms with Gasteiger partial charge in [0.25, 0.3) is 0 Å². The van der Waals surface area contributed by atoms with Crippen LogP contribution in [0.4, 0.5) is 0 Å². The Morgan fingerprint density at radius 3 is 2.52 bits per heavy atom. The van der Waals surface area contributed by atoms with Gasteiger partial charge in [0.15, 0.2) is 11.5 Å².